The number of sulfone groups is 1. The zero-order valence-corrected chi connectivity index (χ0v) is 14.5. The van der Waals surface area contributed by atoms with Gasteiger partial charge in [0, 0.05) is 11.3 Å². The van der Waals surface area contributed by atoms with Gasteiger partial charge in [-0.1, -0.05) is 23.7 Å². The van der Waals surface area contributed by atoms with Crippen molar-refractivity contribution in [3.05, 3.63) is 28.8 Å². The highest BCUT2D eigenvalue weighted by Crippen LogP contribution is 2.36. The molecule has 0 aromatic heterocycles. The minimum atomic E-state index is -3.12. The SMILES string of the molecule is CC1(C)OB(c2ccc(CS(C)(=O)=O)c(Cl)c2)OC1(C)C. The average Bonchev–Trinajstić information content (AvgIpc) is 2.49. The van der Waals surface area contributed by atoms with E-state index >= 15 is 0 Å². The van der Waals surface area contributed by atoms with E-state index in [1.807, 2.05) is 27.7 Å². The van der Waals surface area contributed by atoms with E-state index in [1.54, 1.807) is 18.2 Å². The van der Waals surface area contributed by atoms with E-state index in [1.165, 1.54) is 6.26 Å². The Bertz CT molecular complexity index is 639. The first-order chi connectivity index (χ1) is 9.41. The van der Waals surface area contributed by atoms with Crippen LogP contribution in [0.25, 0.3) is 0 Å². The second-order valence-electron chi connectivity index (χ2n) is 6.51. The van der Waals surface area contributed by atoms with Crippen molar-refractivity contribution in [3.8, 4) is 0 Å². The third-order valence-electron chi connectivity index (χ3n) is 4.02. The maximum Gasteiger partial charge on any atom is 0.494 e. The highest BCUT2D eigenvalue weighted by Gasteiger charge is 2.51. The molecule has 1 aliphatic rings. The van der Waals surface area contributed by atoms with Crippen molar-refractivity contribution in [1.29, 1.82) is 0 Å². The molecule has 7 heteroatoms. The molecule has 0 saturated carbocycles. The van der Waals surface area contributed by atoms with Crippen LogP contribution < -0.4 is 5.46 Å². The third-order valence-corrected chi connectivity index (χ3v) is 5.21. The van der Waals surface area contributed by atoms with Crippen molar-refractivity contribution in [2.45, 2.75) is 44.6 Å². The zero-order valence-electron chi connectivity index (χ0n) is 12.9. The van der Waals surface area contributed by atoms with Crippen LogP contribution in [0.3, 0.4) is 0 Å². The van der Waals surface area contributed by atoms with Gasteiger partial charge in [0.25, 0.3) is 0 Å². The van der Waals surface area contributed by atoms with Crippen molar-refractivity contribution in [2.24, 2.45) is 0 Å². The second-order valence-corrected chi connectivity index (χ2v) is 9.06. The second kappa shape index (κ2) is 5.27. The molecule has 0 bridgehead atoms. The van der Waals surface area contributed by atoms with Gasteiger partial charge in [0.1, 0.15) is 0 Å². The van der Waals surface area contributed by atoms with Gasteiger partial charge in [-0.2, -0.15) is 0 Å². The molecule has 0 unspecified atom stereocenters. The van der Waals surface area contributed by atoms with E-state index in [-0.39, 0.29) is 5.75 Å². The molecule has 21 heavy (non-hydrogen) atoms. The van der Waals surface area contributed by atoms with Crippen LogP contribution in [0.5, 0.6) is 0 Å². The Morgan fingerprint density at radius 3 is 2.10 bits per heavy atom. The van der Waals surface area contributed by atoms with Gasteiger partial charge >= 0.3 is 7.12 Å². The van der Waals surface area contributed by atoms with Crippen LogP contribution in [-0.2, 0) is 24.9 Å². The molecule has 0 radical (unpaired) electrons. The van der Waals surface area contributed by atoms with Crippen molar-refractivity contribution >= 4 is 34.0 Å². The largest absolute Gasteiger partial charge is 0.494 e. The Hall–Kier alpha value is -0.555. The first-order valence-corrected chi connectivity index (χ1v) is 9.17. The Labute approximate surface area is 131 Å². The molecule has 1 saturated heterocycles. The summed E-state index contributed by atoms with van der Waals surface area (Å²) in [6.07, 6.45) is 1.19. The molecule has 0 N–H and O–H groups in total. The van der Waals surface area contributed by atoms with E-state index in [4.69, 9.17) is 20.9 Å². The van der Waals surface area contributed by atoms with E-state index in [0.29, 0.717) is 10.6 Å². The van der Waals surface area contributed by atoms with Crippen molar-refractivity contribution < 1.29 is 17.7 Å². The number of hydrogen-bond donors (Lipinski definition) is 0. The lowest BCUT2D eigenvalue weighted by Crippen LogP contribution is -2.41. The fraction of sp³-hybridized carbons (Fsp3) is 0.571. The lowest BCUT2D eigenvalue weighted by atomic mass is 9.79. The minimum absolute atomic E-state index is 0.0739. The third kappa shape index (κ3) is 3.62. The summed E-state index contributed by atoms with van der Waals surface area (Å²) in [7, 11) is -3.62. The molecule has 4 nitrogen and oxygen atoms in total. The van der Waals surface area contributed by atoms with Gasteiger partial charge in [-0.25, -0.2) is 8.42 Å². The van der Waals surface area contributed by atoms with E-state index in [9.17, 15) is 8.42 Å². The van der Waals surface area contributed by atoms with Crippen molar-refractivity contribution in [1.82, 2.24) is 0 Å². The van der Waals surface area contributed by atoms with Gasteiger partial charge < -0.3 is 9.31 Å². The van der Waals surface area contributed by atoms with Crippen LogP contribution in [0.4, 0.5) is 0 Å². The van der Waals surface area contributed by atoms with Crippen LogP contribution >= 0.6 is 11.6 Å². The molecule has 0 amide bonds. The van der Waals surface area contributed by atoms with E-state index in [0.717, 1.165) is 5.46 Å². The van der Waals surface area contributed by atoms with Crippen LogP contribution in [-0.4, -0.2) is 33.0 Å². The highest BCUT2D eigenvalue weighted by molar-refractivity contribution is 7.89. The molecule has 0 atom stereocenters. The number of benzene rings is 1. The van der Waals surface area contributed by atoms with Crippen LogP contribution in [0.1, 0.15) is 33.3 Å². The lowest BCUT2D eigenvalue weighted by molar-refractivity contribution is 0.00578. The predicted octanol–water partition coefficient (Wildman–Crippen LogP) is 2.18. The normalized spacial score (nSPS) is 20.8. The summed E-state index contributed by atoms with van der Waals surface area (Å²) in [4.78, 5) is 0. The standard InChI is InChI=1S/C14H20BClO4S/c1-13(2)14(3,4)20-15(19-13)11-7-6-10(12(16)8-11)9-21(5,17)18/h6-8H,9H2,1-5H3. The maximum absolute atomic E-state index is 11.4. The topological polar surface area (TPSA) is 52.6 Å². The van der Waals surface area contributed by atoms with Gasteiger partial charge in [-0.3, -0.25) is 0 Å². The smallest absolute Gasteiger partial charge is 0.399 e. The summed E-state index contributed by atoms with van der Waals surface area (Å²) in [6.45, 7) is 7.92. The molecular weight excluding hydrogens is 310 g/mol. The lowest BCUT2D eigenvalue weighted by Gasteiger charge is -2.32. The van der Waals surface area contributed by atoms with Crippen molar-refractivity contribution in [3.63, 3.8) is 0 Å². The summed E-state index contributed by atoms with van der Waals surface area (Å²) >= 11 is 6.18. The Morgan fingerprint density at radius 2 is 1.67 bits per heavy atom. The van der Waals surface area contributed by atoms with Gasteiger partial charge in [-0.15, -0.1) is 0 Å². The maximum atomic E-state index is 11.4. The fourth-order valence-corrected chi connectivity index (χ4v) is 3.24. The molecular formula is C14H20BClO4S. The van der Waals surface area contributed by atoms with Gasteiger partial charge in [0.05, 0.1) is 17.0 Å². The quantitative estimate of drug-likeness (QED) is 0.797. The fourth-order valence-electron chi connectivity index (χ4n) is 2.09. The number of hydrogen-bond acceptors (Lipinski definition) is 4. The van der Waals surface area contributed by atoms with Crippen LogP contribution in [0.2, 0.25) is 5.02 Å². The van der Waals surface area contributed by atoms with Crippen molar-refractivity contribution in [2.75, 3.05) is 6.26 Å². The molecule has 1 fully saturated rings. The first-order valence-electron chi connectivity index (χ1n) is 6.73. The summed E-state index contributed by atoms with van der Waals surface area (Å²) in [6, 6.07) is 5.22. The van der Waals surface area contributed by atoms with Gasteiger partial charge in [0.15, 0.2) is 9.84 Å². The molecule has 1 heterocycles. The molecule has 1 aromatic rings. The average molecular weight is 331 g/mol. The summed E-state index contributed by atoms with van der Waals surface area (Å²) < 4.78 is 34.6. The zero-order chi connectivity index (χ0) is 16.1. The molecule has 0 spiro atoms. The molecule has 0 aliphatic carbocycles. The number of halogens is 1. The van der Waals surface area contributed by atoms with Gasteiger partial charge in [-0.05, 0) is 44.8 Å². The van der Waals surface area contributed by atoms with Crippen LogP contribution in [0, 0.1) is 0 Å². The first kappa shape index (κ1) is 16.8. The minimum Gasteiger partial charge on any atom is -0.399 e. The monoisotopic (exact) mass is 330 g/mol. The van der Waals surface area contributed by atoms with Gasteiger partial charge in [0.2, 0.25) is 0 Å². The van der Waals surface area contributed by atoms with E-state index < -0.39 is 28.2 Å². The summed E-state index contributed by atoms with van der Waals surface area (Å²) in [5.74, 6) is -0.0739. The Kier molecular flexibility index (Phi) is 4.21. The molecule has 1 aliphatic heterocycles. The Balaban J connectivity index is 2.26. The molecule has 1 aromatic carbocycles. The summed E-state index contributed by atoms with van der Waals surface area (Å²) in [5.41, 5.74) is 0.529. The Morgan fingerprint density at radius 1 is 1.14 bits per heavy atom. The number of rotatable bonds is 3. The van der Waals surface area contributed by atoms with Crippen LogP contribution in [0.15, 0.2) is 18.2 Å². The summed E-state index contributed by atoms with van der Waals surface area (Å²) in [5, 5.41) is 0.410. The predicted molar refractivity (Wildman–Crippen MR) is 85.7 cm³/mol. The highest BCUT2D eigenvalue weighted by atomic mass is 35.5. The van der Waals surface area contributed by atoms with E-state index in [2.05, 4.69) is 0 Å². The molecule has 2 rings (SSSR count). The molecule has 116 valence electrons.